The molecule has 2 aromatic rings. The number of amides is 1. The van der Waals surface area contributed by atoms with Gasteiger partial charge in [0.2, 0.25) is 11.5 Å². The Morgan fingerprint density at radius 2 is 1.66 bits per heavy atom. The predicted octanol–water partition coefficient (Wildman–Crippen LogP) is 4.95. The molecule has 38 heavy (non-hydrogen) atoms. The summed E-state index contributed by atoms with van der Waals surface area (Å²) in [6.07, 6.45) is -0.567. The molecule has 0 aromatic carbocycles. The zero-order valence-electron chi connectivity index (χ0n) is 22.0. The van der Waals surface area contributed by atoms with E-state index in [-0.39, 0.29) is 18.5 Å². The van der Waals surface area contributed by atoms with Gasteiger partial charge in [-0.25, -0.2) is 9.78 Å². The number of rotatable bonds is 5. The molecular weight excluding hydrogens is 503 g/mol. The fourth-order valence-electron chi connectivity index (χ4n) is 4.54. The van der Waals surface area contributed by atoms with Crippen molar-refractivity contribution in [3.8, 4) is 0 Å². The molecule has 1 amide bonds. The summed E-state index contributed by atoms with van der Waals surface area (Å²) in [6.45, 7) is 8.83. The number of piperidine rings is 1. The predicted molar refractivity (Wildman–Crippen MR) is 134 cm³/mol. The minimum absolute atomic E-state index is 0.157. The van der Waals surface area contributed by atoms with Crippen LogP contribution >= 0.6 is 0 Å². The molecule has 0 radical (unpaired) electrons. The molecule has 208 valence electrons. The zero-order valence-corrected chi connectivity index (χ0v) is 22.0. The Kier molecular flexibility index (Phi) is 8.17. The first kappa shape index (κ1) is 27.7. The molecule has 9 nitrogen and oxygen atoms in total. The third kappa shape index (κ3) is 6.96. The summed E-state index contributed by atoms with van der Waals surface area (Å²) in [5.41, 5.74) is -1.39. The SMILES string of the molecule is CC(C)(C)OC(=O)N1CCCN(c2ccc(CC(=O)c3oc(N4CCCCC4)nc3C(F)(F)F)cn2)CC1. The number of anilines is 2. The fraction of sp³-hybridized carbons (Fsp3) is 0.615. The topological polar surface area (TPSA) is 92.0 Å². The smallest absolute Gasteiger partial charge is 0.437 e. The van der Waals surface area contributed by atoms with Crippen LogP contribution in [0.25, 0.3) is 0 Å². The van der Waals surface area contributed by atoms with Crippen LogP contribution in [0, 0.1) is 0 Å². The van der Waals surface area contributed by atoms with Crippen LogP contribution in [-0.4, -0.2) is 71.6 Å². The van der Waals surface area contributed by atoms with Crippen LogP contribution in [0.2, 0.25) is 0 Å². The Morgan fingerprint density at radius 1 is 0.947 bits per heavy atom. The number of carbonyl (C=O) groups is 2. The number of halogens is 3. The normalized spacial score (nSPS) is 17.4. The highest BCUT2D eigenvalue weighted by molar-refractivity contribution is 5.96. The number of aromatic nitrogens is 2. The first-order valence-electron chi connectivity index (χ1n) is 12.9. The van der Waals surface area contributed by atoms with E-state index >= 15 is 0 Å². The monoisotopic (exact) mass is 537 g/mol. The molecule has 2 aliphatic heterocycles. The molecular formula is C26H34F3N5O4. The van der Waals surface area contributed by atoms with Gasteiger partial charge in [0.1, 0.15) is 11.4 Å². The van der Waals surface area contributed by atoms with Crippen LogP contribution in [0.5, 0.6) is 0 Å². The van der Waals surface area contributed by atoms with E-state index in [1.807, 2.05) is 25.7 Å². The van der Waals surface area contributed by atoms with Crippen LogP contribution in [0.1, 0.15) is 68.3 Å². The van der Waals surface area contributed by atoms with Crippen molar-refractivity contribution in [1.82, 2.24) is 14.9 Å². The van der Waals surface area contributed by atoms with Crippen LogP contribution < -0.4 is 9.80 Å². The number of pyridine rings is 1. The molecule has 2 aliphatic rings. The first-order chi connectivity index (χ1) is 17.9. The van der Waals surface area contributed by atoms with Gasteiger partial charge in [0.05, 0.1) is 0 Å². The Morgan fingerprint density at radius 3 is 2.29 bits per heavy atom. The van der Waals surface area contributed by atoms with Gasteiger partial charge in [0.15, 0.2) is 5.69 Å². The zero-order chi connectivity index (χ0) is 27.5. The van der Waals surface area contributed by atoms with Crippen molar-refractivity contribution in [3.63, 3.8) is 0 Å². The second-order valence-electron chi connectivity index (χ2n) is 10.7. The van der Waals surface area contributed by atoms with Crippen molar-refractivity contribution < 1.29 is 31.9 Å². The van der Waals surface area contributed by atoms with E-state index in [1.165, 1.54) is 6.20 Å². The average molecular weight is 538 g/mol. The number of alkyl halides is 3. The summed E-state index contributed by atoms with van der Waals surface area (Å²) >= 11 is 0. The molecule has 12 heteroatoms. The summed E-state index contributed by atoms with van der Waals surface area (Å²) in [5, 5.41) is 0. The summed E-state index contributed by atoms with van der Waals surface area (Å²) < 4.78 is 51.7. The lowest BCUT2D eigenvalue weighted by atomic mass is 10.1. The van der Waals surface area contributed by atoms with E-state index < -0.39 is 29.0 Å². The van der Waals surface area contributed by atoms with Gasteiger partial charge in [-0.3, -0.25) is 4.79 Å². The van der Waals surface area contributed by atoms with E-state index in [9.17, 15) is 22.8 Å². The molecule has 4 rings (SSSR count). The van der Waals surface area contributed by atoms with E-state index in [4.69, 9.17) is 9.15 Å². The number of ether oxygens (including phenoxy) is 1. The third-order valence-electron chi connectivity index (χ3n) is 6.41. The Bertz CT molecular complexity index is 1120. The molecule has 0 atom stereocenters. The lowest BCUT2D eigenvalue weighted by Gasteiger charge is -2.26. The maximum atomic E-state index is 13.6. The van der Waals surface area contributed by atoms with Crippen molar-refractivity contribution in [3.05, 3.63) is 35.3 Å². The molecule has 2 aromatic heterocycles. The molecule has 0 saturated carbocycles. The Hall–Kier alpha value is -3.31. The Balaban J connectivity index is 1.41. The molecule has 0 unspecified atom stereocenters. The first-order valence-corrected chi connectivity index (χ1v) is 12.9. The van der Waals surface area contributed by atoms with E-state index in [0.29, 0.717) is 50.6 Å². The number of hydrogen-bond donors (Lipinski definition) is 0. The highest BCUT2D eigenvalue weighted by Crippen LogP contribution is 2.35. The van der Waals surface area contributed by atoms with Crippen LogP contribution in [0.4, 0.5) is 29.8 Å². The number of nitrogens with zero attached hydrogens (tertiary/aromatic N) is 5. The van der Waals surface area contributed by atoms with Gasteiger partial charge >= 0.3 is 12.3 Å². The van der Waals surface area contributed by atoms with Gasteiger partial charge in [-0.1, -0.05) is 6.07 Å². The van der Waals surface area contributed by atoms with Gasteiger partial charge in [-0.2, -0.15) is 18.2 Å². The molecule has 2 fully saturated rings. The van der Waals surface area contributed by atoms with Gasteiger partial charge in [-0.15, -0.1) is 0 Å². The third-order valence-corrected chi connectivity index (χ3v) is 6.41. The van der Waals surface area contributed by atoms with Crippen LogP contribution in [0.3, 0.4) is 0 Å². The second kappa shape index (κ2) is 11.2. The van der Waals surface area contributed by atoms with E-state index in [2.05, 4.69) is 9.97 Å². The van der Waals surface area contributed by atoms with Crippen molar-refractivity contribution in [2.75, 3.05) is 49.1 Å². The van der Waals surface area contributed by atoms with Crippen molar-refractivity contribution in [2.24, 2.45) is 0 Å². The standard InChI is InChI=1S/C26H34F3N5O4/c1-25(2,3)38-24(36)34-13-7-12-32(14-15-34)20-9-8-18(17-30-20)16-19(35)21-22(26(27,28)29)31-23(37-21)33-10-5-4-6-11-33/h8-9,17H,4-7,10-16H2,1-3H3. The summed E-state index contributed by atoms with van der Waals surface area (Å²) in [5.74, 6) is -0.905. The largest absolute Gasteiger partial charge is 0.444 e. The quantitative estimate of drug-likeness (QED) is 0.495. The van der Waals surface area contributed by atoms with Crippen LogP contribution in [0.15, 0.2) is 22.7 Å². The summed E-state index contributed by atoms with van der Waals surface area (Å²) in [6, 6.07) is 3.25. The Labute approximate surface area is 219 Å². The minimum Gasteiger partial charge on any atom is -0.444 e. The van der Waals surface area contributed by atoms with Crippen molar-refractivity contribution in [2.45, 2.75) is 64.7 Å². The average Bonchev–Trinajstić information content (AvgIpc) is 3.17. The van der Waals surface area contributed by atoms with E-state index in [0.717, 1.165) is 25.7 Å². The van der Waals surface area contributed by atoms with Gasteiger partial charge in [-0.05, 0) is 58.1 Å². The van der Waals surface area contributed by atoms with Crippen LogP contribution in [-0.2, 0) is 17.3 Å². The molecule has 4 heterocycles. The molecule has 0 bridgehead atoms. The highest BCUT2D eigenvalue weighted by atomic mass is 19.4. The van der Waals surface area contributed by atoms with Gasteiger partial charge in [0.25, 0.3) is 6.01 Å². The molecule has 0 N–H and O–H groups in total. The summed E-state index contributed by atoms with van der Waals surface area (Å²) in [4.78, 5) is 38.7. The summed E-state index contributed by atoms with van der Waals surface area (Å²) in [7, 11) is 0. The molecule has 0 aliphatic carbocycles. The van der Waals surface area contributed by atoms with Gasteiger partial charge < -0.3 is 23.9 Å². The maximum absolute atomic E-state index is 13.6. The number of ketones is 1. The number of Topliss-reactive ketones (excluding diaryl/α,β-unsaturated/α-hetero) is 1. The molecule has 2 saturated heterocycles. The highest BCUT2D eigenvalue weighted by Gasteiger charge is 2.41. The lowest BCUT2D eigenvalue weighted by molar-refractivity contribution is -0.141. The van der Waals surface area contributed by atoms with Gasteiger partial charge in [0, 0.05) is 51.9 Å². The number of hydrogen-bond acceptors (Lipinski definition) is 8. The molecule has 0 spiro atoms. The number of oxazole rings is 1. The van der Waals surface area contributed by atoms with Crippen molar-refractivity contribution in [1.29, 1.82) is 0 Å². The number of carbonyl (C=O) groups excluding carboxylic acids is 2. The lowest BCUT2D eigenvalue weighted by Crippen LogP contribution is -2.39. The van der Waals surface area contributed by atoms with Crippen molar-refractivity contribution >= 4 is 23.7 Å². The maximum Gasteiger partial charge on any atom is 0.437 e. The second-order valence-corrected chi connectivity index (χ2v) is 10.7. The fourth-order valence-corrected chi connectivity index (χ4v) is 4.54. The minimum atomic E-state index is -4.80. The van der Waals surface area contributed by atoms with E-state index in [1.54, 1.807) is 21.9 Å².